The van der Waals surface area contributed by atoms with Crippen molar-refractivity contribution in [1.29, 1.82) is 0 Å². The van der Waals surface area contributed by atoms with Crippen LogP contribution in [-0.2, 0) is 6.67 Å². The van der Waals surface area contributed by atoms with E-state index < -0.39 is 12.6 Å². The lowest BCUT2D eigenvalue weighted by Crippen LogP contribution is -2.04. The van der Waals surface area contributed by atoms with E-state index in [0.717, 1.165) is 0 Å². The van der Waals surface area contributed by atoms with Crippen molar-refractivity contribution in [1.82, 2.24) is 4.98 Å². The summed E-state index contributed by atoms with van der Waals surface area (Å²) in [7, 11) is 0. The Bertz CT molecular complexity index is 312. The summed E-state index contributed by atoms with van der Waals surface area (Å²) in [6.45, 7) is 0.841. The summed E-state index contributed by atoms with van der Waals surface area (Å²) in [6, 6.07) is 2.90. The molecule has 1 aromatic rings. The molecule has 0 bridgehead atoms. The molecule has 4 heteroatoms. The minimum absolute atomic E-state index is 0.0116. The van der Waals surface area contributed by atoms with Crippen LogP contribution in [0.1, 0.15) is 21.7 Å². The molecule has 0 aromatic carbocycles. The van der Waals surface area contributed by atoms with Crippen LogP contribution in [0.5, 0.6) is 0 Å². The van der Waals surface area contributed by atoms with E-state index in [1.165, 1.54) is 6.07 Å². The van der Waals surface area contributed by atoms with Crippen LogP contribution < -0.4 is 0 Å². The molecule has 0 unspecified atom stereocenters. The average molecular weight is 169 g/mol. The first-order valence-corrected chi connectivity index (χ1v) is 3.41. The zero-order valence-corrected chi connectivity index (χ0v) is 6.54. The van der Waals surface area contributed by atoms with Crippen LogP contribution in [0.4, 0.5) is 4.39 Å². The number of carboxylic acids is 1. The number of pyridine rings is 1. The third kappa shape index (κ3) is 1.58. The lowest BCUT2D eigenvalue weighted by atomic mass is 10.2. The predicted molar refractivity (Wildman–Crippen MR) is 40.7 cm³/mol. The highest BCUT2D eigenvalue weighted by Gasteiger charge is 2.10. The summed E-state index contributed by atoms with van der Waals surface area (Å²) in [6.07, 6.45) is 0. The number of aromatic nitrogens is 1. The molecule has 0 radical (unpaired) electrons. The number of carbonyl (C=O) groups is 1. The van der Waals surface area contributed by atoms with Crippen LogP contribution in [0.15, 0.2) is 12.1 Å². The second-order valence-corrected chi connectivity index (χ2v) is 2.39. The average Bonchev–Trinajstić information content (AvgIpc) is 2.03. The van der Waals surface area contributed by atoms with Gasteiger partial charge in [0.2, 0.25) is 0 Å². The minimum Gasteiger partial charge on any atom is -0.478 e. The summed E-state index contributed by atoms with van der Waals surface area (Å²) in [5, 5.41) is 8.58. The molecule has 3 nitrogen and oxygen atoms in total. The summed E-state index contributed by atoms with van der Waals surface area (Å²) < 4.78 is 12.2. The Morgan fingerprint density at radius 2 is 2.33 bits per heavy atom. The quantitative estimate of drug-likeness (QED) is 0.730. The van der Waals surface area contributed by atoms with E-state index in [1.54, 1.807) is 13.0 Å². The number of rotatable bonds is 2. The van der Waals surface area contributed by atoms with Crippen molar-refractivity contribution in [3.05, 3.63) is 29.1 Å². The molecule has 1 heterocycles. The number of aromatic carboxylic acids is 1. The Kier molecular flexibility index (Phi) is 2.38. The van der Waals surface area contributed by atoms with Gasteiger partial charge in [0.1, 0.15) is 6.67 Å². The van der Waals surface area contributed by atoms with E-state index in [9.17, 15) is 9.18 Å². The van der Waals surface area contributed by atoms with Crippen molar-refractivity contribution >= 4 is 5.97 Å². The van der Waals surface area contributed by atoms with Gasteiger partial charge < -0.3 is 5.11 Å². The second kappa shape index (κ2) is 3.30. The van der Waals surface area contributed by atoms with E-state index in [1.807, 2.05) is 0 Å². The fourth-order valence-electron chi connectivity index (χ4n) is 0.907. The van der Waals surface area contributed by atoms with Crippen molar-refractivity contribution in [2.24, 2.45) is 0 Å². The molecule has 0 aliphatic heterocycles. The summed E-state index contributed by atoms with van der Waals surface area (Å²) in [5.74, 6) is -1.14. The molecule has 1 rings (SSSR count). The molecule has 64 valence electrons. The van der Waals surface area contributed by atoms with Crippen LogP contribution in [0.25, 0.3) is 0 Å². The van der Waals surface area contributed by atoms with Gasteiger partial charge in [-0.3, -0.25) is 4.98 Å². The number of aryl methyl sites for hydroxylation is 1. The van der Waals surface area contributed by atoms with Crippen molar-refractivity contribution < 1.29 is 14.3 Å². The number of halogens is 1. The molecular formula is C8H8FNO2. The van der Waals surface area contributed by atoms with Gasteiger partial charge in [0.05, 0.1) is 11.3 Å². The molecule has 0 saturated heterocycles. The number of nitrogens with zero attached hydrogens (tertiary/aromatic N) is 1. The second-order valence-electron chi connectivity index (χ2n) is 2.39. The molecule has 1 N–H and O–H groups in total. The molecule has 12 heavy (non-hydrogen) atoms. The summed E-state index contributed by atoms with van der Waals surface area (Å²) in [4.78, 5) is 14.2. The molecule has 0 atom stereocenters. The predicted octanol–water partition coefficient (Wildman–Crippen LogP) is 1.56. The number of alkyl halides is 1. The van der Waals surface area contributed by atoms with Gasteiger partial charge in [-0.05, 0) is 19.1 Å². The minimum atomic E-state index is -1.14. The Morgan fingerprint density at radius 3 is 2.83 bits per heavy atom. The van der Waals surface area contributed by atoms with E-state index in [0.29, 0.717) is 5.69 Å². The number of hydrogen-bond acceptors (Lipinski definition) is 2. The van der Waals surface area contributed by atoms with Gasteiger partial charge in [-0.1, -0.05) is 0 Å². The van der Waals surface area contributed by atoms with Crippen molar-refractivity contribution in [3.63, 3.8) is 0 Å². The third-order valence-electron chi connectivity index (χ3n) is 1.47. The van der Waals surface area contributed by atoms with Gasteiger partial charge in [0.15, 0.2) is 0 Å². The van der Waals surface area contributed by atoms with Gasteiger partial charge in [-0.25, -0.2) is 9.18 Å². The Balaban J connectivity index is 3.20. The monoisotopic (exact) mass is 169 g/mol. The highest BCUT2D eigenvalue weighted by Crippen LogP contribution is 2.08. The van der Waals surface area contributed by atoms with Gasteiger partial charge in [-0.15, -0.1) is 0 Å². The highest BCUT2D eigenvalue weighted by molar-refractivity contribution is 5.88. The number of hydrogen-bond donors (Lipinski definition) is 1. The van der Waals surface area contributed by atoms with Crippen LogP contribution in [0.3, 0.4) is 0 Å². The van der Waals surface area contributed by atoms with Gasteiger partial charge in [0, 0.05) is 5.69 Å². The molecule has 0 spiro atoms. The zero-order valence-electron chi connectivity index (χ0n) is 6.54. The van der Waals surface area contributed by atoms with E-state index in [-0.39, 0.29) is 11.3 Å². The first-order chi connectivity index (χ1) is 5.65. The van der Waals surface area contributed by atoms with E-state index in [4.69, 9.17) is 5.11 Å². The first-order valence-electron chi connectivity index (χ1n) is 3.41. The summed E-state index contributed by atoms with van der Waals surface area (Å²) in [5.41, 5.74) is 0.540. The number of carboxylic acid groups (broad SMARTS) is 1. The maximum atomic E-state index is 12.2. The van der Waals surface area contributed by atoms with Crippen LogP contribution >= 0.6 is 0 Å². The highest BCUT2D eigenvalue weighted by atomic mass is 19.1. The normalized spacial score (nSPS) is 9.83. The largest absolute Gasteiger partial charge is 0.478 e. The SMILES string of the molecule is Cc1ccc(C(=O)O)c(CF)n1. The van der Waals surface area contributed by atoms with Crippen molar-refractivity contribution in [2.75, 3.05) is 0 Å². The van der Waals surface area contributed by atoms with E-state index in [2.05, 4.69) is 4.98 Å². The topological polar surface area (TPSA) is 50.2 Å². The zero-order chi connectivity index (χ0) is 9.14. The third-order valence-corrected chi connectivity index (χ3v) is 1.47. The van der Waals surface area contributed by atoms with Gasteiger partial charge in [0.25, 0.3) is 0 Å². The fraction of sp³-hybridized carbons (Fsp3) is 0.250. The molecular weight excluding hydrogens is 161 g/mol. The van der Waals surface area contributed by atoms with Crippen LogP contribution in [0, 0.1) is 6.92 Å². The smallest absolute Gasteiger partial charge is 0.337 e. The molecule has 0 amide bonds. The molecule has 0 aliphatic carbocycles. The Morgan fingerprint density at radius 1 is 1.67 bits per heavy atom. The molecule has 0 fully saturated rings. The standard InChI is InChI=1S/C8H8FNO2/c1-5-2-3-6(8(11)12)7(4-9)10-5/h2-3H,4H2,1H3,(H,11,12). The van der Waals surface area contributed by atoms with E-state index >= 15 is 0 Å². The van der Waals surface area contributed by atoms with Crippen LogP contribution in [0.2, 0.25) is 0 Å². The van der Waals surface area contributed by atoms with Gasteiger partial charge >= 0.3 is 5.97 Å². The van der Waals surface area contributed by atoms with Crippen molar-refractivity contribution in [2.45, 2.75) is 13.6 Å². The maximum Gasteiger partial charge on any atom is 0.337 e. The fourth-order valence-corrected chi connectivity index (χ4v) is 0.907. The molecule has 0 aliphatic rings. The maximum absolute atomic E-state index is 12.2. The first kappa shape index (κ1) is 8.64. The lowest BCUT2D eigenvalue weighted by molar-refractivity contribution is 0.0694. The Hall–Kier alpha value is -1.45. The lowest BCUT2D eigenvalue weighted by Gasteiger charge is -2.00. The van der Waals surface area contributed by atoms with Gasteiger partial charge in [-0.2, -0.15) is 0 Å². The summed E-state index contributed by atoms with van der Waals surface area (Å²) >= 11 is 0. The Labute approximate surface area is 68.9 Å². The molecule has 1 aromatic heterocycles. The molecule has 0 saturated carbocycles. The van der Waals surface area contributed by atoms with Crippen molar-refractivity contribution in [3.8, 4) is 0 Å². The van der Waals surface area contributed by atoms with Crippen LogP contribution in [-0.4, -0.2) is 16.1 Å².